The minimum absolute atomic E-state index is 0.0861. The molecule has 0 unspecified atom stereocenters. The summed E-state index contributed by atoms with van der Waals surface area (Å²) in [6.45, 7) is 6.86. The molecule has 5 nitrogen and oxygen atoms in total. The molecule has 1 aliphatic carbocycles. The van der Waals surface area contributed by atoms with Gasteiger partial charge in [-0.05, 0) is 54.4 Å². The summed E-state index contributed by atoms with van der Waals surface area (Å²) in [7, 11) is 0. The number of nitrogens with zero attached hydrogens (tertiary/aromatic N) is 1. The van der Waals surface area contributed by atoms with Crippen LogP contribution >= 0.6 is 22.9 Å². The summed E-state index contributed by atoms with van der Waals surface area (Å²) >= 11 is 7.59. The highest BCUT2D eigenvalue weighted by Crippen LogP contribution is 2.41. The third-order valence-electron chi connectivity index (χ3n) is 5.89. The summed E-state index contributed by atoms with van der Waals surface area (Å²) in [5.41, 5.74) is 2.00. The van der Waals surface area contributed by atoms with Gasteiger partial charge in [0.25, 0.3) is 5.56 Å². The second-order valence-corrected chi connectivity index (χ2v) is 10.6. The lowest BCUT2D eigenvalue weighted by Gasteiger charge is -2.33. The van der Waals surface area contributed by atoms with Crippen LogP contribution in [0.2, 0.25) is 5.02 Å². The number of thiophene rings is 1. The van der Waals surface area contributed by atoms with Crippen molar-refractivity contribution in [3.05, 3.63) is 55.9 Å². The van der Waals surface area contributed by atoms with Gasteiger partial charge in [0.05, 0.1) is 5.39 Å². The van der Waals surface area contributed by atoms with Gasteiger partial charge in [-0.3, -0.25) is 9.59 Å². The maximum absolute atomic E-state index is 12.8. The topological polar surface area (TPSA) is 74.8 Å². The van der Waals surface area contributed by atoms with E-state index in [9.17, 15) is 9.59 Å². The normalized spacial score (nSPS) is 16.5. The van der Waals surface area contributed by atoms with Gasteiger partial charge in [-0.2, -0.15) is 0 Å². The van der Waals surface area contributed by atoms with E-state index in [4.69, 9.17) is 11.6 Å². The lowest BCUT2D eigenvalue weighted by atomic mass is 9.72. The third-order valence-corrected chi connectivity index (χ3v) is 7.27. The number of anilines is 1. The average molecular weight is 444 g/mol. The molecule has 0 aliphatic heterocycles. The number of amides is 1. The fourth-order valence-electron chi connectivity index (χ4n) is 4.11. The van der Waals surface area contributed by atoms with Gasteiger partial charge >= 0.3 is 0 Å². The van der Waals surface area contributed by atoms with Crippen molar-refractivity contribution < 1.29 is 4.79 Å². The zero-order valence-electron chi connectivity index (χ0n) is 17.5. The number of rotatable bonds is 4. The van der Waals surface area contributed by atoms with E-state index in [-0.39, 0.29) is 23.3 Å². The molecule has 0 saturated carbocycles. The molecule has 2 aromatic heterocycles. The molecule has 1 aromatic carbocycles. The molecule has 0 saturated heterocycles. The second kappa shape index (κ2) is 8.16. The number of benzene rings is 1. The van der Waals surface area contributed by atoms with Crippen LogP contribution in [0.3, 0.4) is 0 Å². The van der Waals surface area contributed by atoms with Gasteiger partial charge in [-0.1, -0.05) is 38.4 Å². The first-order chi connectivity index (χ1) is 14.2. The van der Waals surface area contributed by atoms with E-state index < -0.39 is 0 Å². The second-order valence-electron chi connectivity index (χ2n) is 9.06. The summed E-state index contributed by atoms with van der Waals surface area (Å²) in [6.07, 6.45) is 3.66. The van der Waals surface area contributed by atoms with E-state index in [0.29, 0.717) is 28.9 Å². The van der Waals surface area contributed by atoms with E-state index in [2.05, 4.69) is 36.1 Å². The van der Waals surface area contributed by atoms with Crippen molar-refractivity contribution in [3.63, 3.8) is 0 Å². The van der Waals surface area contributed by atoms with Gasteiger partial charge in [0, 0.05) is 28.4 Å². The zero-order valence-corrected chi connectivity index (χ0v) is 19.0. The highest BCUT2D eigenvalue weighted by Gasteiger charge is 2.31. The van der Waals surface area contributed by atoms with Crippen LogP contribution in [0.15, 0.2) is 29.1 Å². The molecule has 1 amide bonds. The monoisotopic (exact) mass is 443 g/mol. The molecule has 0 bridgehead atoms. The van der Waals surface area contributed by atoms with Crippen molar-refractivity contribution in [1.29, 1.82) is 0 Å². The molecule has 3 aromatic rings. The number of aromatic nitrogens is 2. The Bertz CT molecular complexity index is 1160. The van der Waals surface area contributed by atoms with Crippen molar-refractivity contribution in [2.45, 2.75) is 52.9 Å². The smallest absolute Gasteiger partial charge is 0.259 e. The van der Waals surface area contributed by atoms with Crippen molar-refractivity contribution >= 4 is 44.7 Å². The first-order valence-corrected chi connectivity index (χ1v) is 11.5. The highest BCUT2D eigenvalue weighted by atomic mass is 35.5. The number of H-pyrrole nitrogens is 1. The van der Waals surface area contributed by atoms with Crippen molar-refractivity contribution in [2.75, 3.05) is 5.32 Å². The number of fused-ring (bicyclic) bond motifs is 3. The number of halogens is 1. The molecular formula is C23H26ClN3O2S. The lowest BCUT2D eigenvalue weighted by molar-refractivity contribution is -0.116. The average Bonchev–Trinajstić information content (AvgIpc) is 3.03. The maximum atomic E-state index is 12.8. The molecule has 0 spiro atoms. The Morgan fingerprint density at radius 2 is 2.17 bits per heavy atom. The Morgan fingerprint density at radius 1 is 1.37 bits per heavy atom. The molecule has 7 heteroatoms. The number of aryl methyl sites for hydroxylation is 2. The fraction of sp³-hybridized carbons (Fsp3) is 0.435. The van der Waals surface area contributed by atoms with Crippen LogP contribution in [0.4, 0.5) is 5.69 Å². The first-order valence-electron chi connectivity index (χ1n) is 10.3. The Morgan fingerprint density at radius 3 is 2.90 bits per heavy atom. The molecule has 2 N–H and O–H groups in total. The van der Waals surface area contributed by atoms with Crippen LogP contribution in [-0.4, -0.2) is 15.9 Å². The molecule has 4 rings (SSSR count). The van der Waals surface area contributed by atoms with E-state index in [1.165, 1.54) is 10.4 Å². The van der Waals surface area contributed by atoms with Gasteiger partial charge in [-0.25, -0.2) is 4.98 Å². The summed E-state index contributed by atoms with van der Waals surface area (Å²) in [5.74, 6) is 1.03. The molecular weight excluding hydrogens is 418 g/mol. The van der Waals surface area contributed by atoms with Gasteiger partial charge in [-0.15, -0.1) is 11.3 Å². The van der Waals surface area contributed by atoms with Crippen LogP contribution in [0.5, 0.6) is 0 Å². The summed E-state index contributed by atoms with van der Waals surface area (Å²) in [4.78, 5) is 34.7. The first kappa shape index (κ1) is 21.1. The SMILES string of the molecule is CC(C)(C)[C@@H]1CCc2c(sc3nc(CCC(=O)Nc4cccc(Cl)c4)[nH]c(=O)c23)C1. The lowest BCUT2D eigenvalue weighted by Crippen LogP contribution is -2.26. The minimum Gasteiger partial charge on any atom is -0.326 e. The number of aromatic amines is 1. The van der Waals surface area contributed by atoms with Crippen LogP contribution in [0.1, 0.15) is 49.9 Å². The number of carbonyl (C=O) groups is 1. The van der Waals surface area contributed by atoms with Crippen LogP contribution < -0.4 is 10.9 Å². The molecule has 2 heterocycles. The van der Waals surface area contributed by atoms with E-state index in [0.717, 1.165) is 29.5 Å². The fourth-order valence-corrected chi connectivity index (χ4v) is 5.62. The Hall–Kier alpha value is -2.18. The summed E-state index contributed by atoms with van der Waals surface area (Å²) in [5, 5.41) is 4.14. The molecule has 1 aliphatic rings. The van der Waals surface area contributed by atoms with Gasteiger partial charge in [0.2, 0.25) is 5.91 Å². The van der Waals surface area contributed by atoms with E-state index in [1.807, 2.05) is 0 Å². The molecule has 1 atom stereocenters. The van der Waals surface area contributed by atoms with Gasteiger partial charge in [0.1, 0.15) is 10.7 Å². The predicted molar refractivity (Wildman–Crippen MR) is 124 cm³/mol. The third kappa shape index (κ3) is 4.44. The Kier molecular flexibility index (Phi) is 5.73. The Labute approximate surface area is 184 Å². The highest BCUT2D eigenvalue weighted by molar-refractivity contribution is 7.18. The van der Waals surface area contributed by atoms with Crippen molar-refractivity contribution in [1.82, 2.24) is 9.97 Å². The molecule has 30 heavy (non-hydrogen) atoms. The van der Waals surface area contributed by atoms with E-state index >= 15 is 0 Å². The summed E-state index contributed by atoms with van der Waals surface area (Å²) < 4.78 is 0. The Balaban J connectivity index is 1.50. The molecule has 0 radical (unpaired) electrons. The van der Waals surface area contributed by atoms with Gasteiger partial charge in [0.15, 0.2) is 0 Å². The number of carbonyl (C=O) groups excluding carboxylic acids is 1. The standard InChI is InChI=1S/C23H26ClN3O2S/c1-23(2,3)13-7-8-16-17(11-13)30-22-20(16)21(29)26-18(27-22)9-10-19(28)25-15-6-4-5-14(24)12-15/h4-6,12-13H,7-11H2,1-3H3,(H,25,28)(H,26,27,29)/t13-/m1/s1. The number of hydrogen-bond donors (Lipinski definition) is 2. The predicted octanol–water partition coefficient (Wildman–Crippen LogP) is 5.36. The zero-order chi connectivity index (χ0) is 21.5. The number of nitrogens with one attached hydrogen (secondary N) is 2. The van der Waals surface area contributed by atoms with Crippen molar-refractivity contribution in [3.8, 4) is 0 Å². The summed E-state index contributed by atoms with van der Waals surface area (Å²) in [6, 6.07) is 7.03. The van der Waals surface area contributed by atoms with Crippen LogP contribution in [0, 0.1) is 11.3 Å². The minimum atomic E-state index is -0.140. The van der Waals surface area contributed by atoms with Gasteiger partial charge < -0.3 is 10.3 Å². The molecule has 0 fully saturated rings. The van der Waals surface area contributed by atoms with E-state index in [1.54, 1.807) is 35.6 Å². The molecule has 158 valence electrons. The maximum Gasteiger partial charge on any atom is 0.259 e. The quantitative estimate of drug-likeness (QED) is 0.569. The number of hydrogen-bond acceptors (Lipinski definition) is 4. The van der Waals surface area contributed by atoms with Crippen molar-refractivity contribution in [2.24, 2.45) is 11.3 Å². The van der Waals surface area contributed by atoms with Crippen LogP contribution in [-0.2, 0) is 24.1 Å². The van der Waals surface area contributed by atoms with Crippen LogP contribution in [0.25, 0.3) is 10.2 Å². The largest absolute Gasteiger partial charge is 0.326 e.